The summed E-state index contributed by atoms with van der Waals surface area (Å²) in [5, 5.41) is 21.5. The zero-order valence-corrected chi connectivity index (χ0v) is 11.3. The highest BCUT2D eigenvalue weighted by atomic mass is 35.5. The second-order valence-electron chi connectivity index (χ2n) is 4.76. The molecule has 0 amide bonds. The minimum absolute atomic E-state index is 0.0808. The van der Waals surface area contributed by atoms with Crippen molar-refractivity contribution in [3.63, 3.8) is 0 Å². The van der Waals surface area contributed by atoms with Gasteiger partial charge >= 0.3 is 0 Å². The summed E-state index contributed by atoms with van der Waals surface area (Å²) in [4.78, 5) is 2.17. The maximum absolute atomic E-state index is 9.00. The number of hydrogen-bond acceptors (Lipinski definition) is 4. The van der Waals surface area contributed by atoms with Crippen molar-refractivity contribution in [3.8, 4) is 0 Å². The van der Waals surface area contributed by atoms with Crippen LogP contribution in [0, 0.1) is 5.92 Å². The Bertz CT molecular complexity index is 479. The molecule has 1 aliphatic heterocycles. The average molecular weight is 284 g/mol. The molecule has 1 unspecified atom stereocenters. The molecule has 104 valence electrons. The fraction of sp³-hybridized carbons (Fsp3) is 0.462. The SMILES string of the molecule is N/C(=N/O)c1ccc(Cl)cc1N1CCC(CCO)C1. The lowest BCUT2D eigenvalue weighted by molar-refractivity contribution is 0.263. The van der Waals surface area contributed by atoms with Crippen molar-refractivity contribution in [2.75, 3.05) is 24.6 Å². The van der Waals surface area contributed by atoms with Gasteiger partial charge in [-0.25, -0.2) is 0 Å². The first kappa shape index (κ1) is 14.0. The molecule has 0 spiro atoms. The van der Waals surface area contributed by atoms with E-state index in [9.17, 15) is 0 Å². The number of rotatable bonds is 4. The lowest BCUT2D eigenvalue weighted by Gasteiger charge is -2.22. The standard InChI is InChI=1S/C13H18ClN3O2/c14-10-1-2-11(13(15)16-19)12(7-10)17-5-3-9(8-17)4-6-18/h1-2,7,9,18-19H,3-6,8H2,(H2,15,16). The van der Waals surface area contributed by atoms with Crippen LogP contribution < -0.4 is 10.6 Å². The smallest absolute Gasteiger partial charge is 0.172 e. The van der Waals surface area contributed by atoms with Crippen LogP contribution in [-0.4, -0.2) is 35.8 Å². The van der Waals surface area contributed by atoms with Gasteiger partial charge < -0.3 is 20.9 Å². The molecule has 0 radical (unpaired) electrons. The summed E-state index contributed by atoms with van der Waals surface area (Å²) < 4.78 is 0. The number of amidine groups is 1. The third kappa shape index (κ3) is 3.11. The van der Waals surface area contributed by atoms with Gasteiger partial charge in [-0.1, -0.05) is 16.8 Å². The van der Waals surface area contributed by atoms with Crippen molar-refractivity contribution in [3.05, 3.63) is 28.8 Å². The van der Waals surface area contributed by atoms with Gasteiger partial charge in [0.05, 0.1) is 0 Å². The molecular formula is C13H18ClN3O2. The number of anilines is 1. The van der Waals surface area contributed by atoms with Crippen molar-refractivity contribution in [2.24, 2.45) is 16.8 Å². The molecule has 19 heavy (non-hydrogen) atoms. The van der Waals surface area contributed by atoms with E-state index in [1.54, 1.807) is 12.1 Å². The van der Waals surface area contributed by atoms with Gasteiger partial charge in [-0.3, -0.25) is 0 Å². The van der Waals surface area contributed by atoms with Crippen LogP contribution in [0.15, 0.2) is 23.4 Å². The lowest BCUT2D eigenvalue weighted by atomic mass is 10.1. The summed E-state index contributed by atoms with van der Waals surface area (Å²) in [6.45, 7) is 1.95. The number of nitrogens with two attached hydrogens (primary N) is 1. The van der Waals surface area contributed by atoms with Crippen LogP contribution in [0.3, 0.4) is 0 Å². The monoisotopic (exact) mass is 283 g/mol. The van der Waals surface area contributed by atoms with Crippen molar-refractivity contribution < 1.29 is 10.3 Å². The van der Waals surface area contributed by atoms with Gasteiger partial charge in [0.2, 0.25) is 0 Å². The molecule has 2 rings (SSSR count). The Morgan fingerprint density at radius 3 is 3.00 bits per heavy atom. The summed E-state index contributed by atoms with van der Waals surface area (Å²) >= 11 is 6.03. The maximum Gasteiger partial charge on any atom is 0.172 e. The topological polar surface area (TPSA) is 82.1 Å². The molecule has 6 heteroatoms. The van der Waals surface area contributed by atoms with E-state index in [0.29, 0.717) is 16.5 Å². The molecule has 4 N–H and O–H groups in total. The highest BCUT2D eigenvalue weighted by Gasteiger charge is 2.24. The van der Waals surface area contributed by atoms with E-state index < -0.39 is 0 Å². The molecule has 5 nitrogen and oxygen atoms in total. The molecule has 1 atom stereocenters. The molecule has 1 aromatic rings. The molecular weight excluding hydrogens is 266 g/mol. The molecule has 1 heterocycles. The van der Waals surface area contributed by atoms with E-state index in [1.165, 1.54) is 0 Å². The predicted molar refractivity (Wildman–Crippen MR) is 76.0 cm³/mol. The number of aliphatic hydroxyl groups is 1. The second kappa shape index (κ2) is 6.12. The Balaban J connectivity index is 2.26. The number of nitrogens with zero attached hydrogens (tertiary/aromatic N) is 2. The molecule has 0 bridgehead atoms. The number of halogens is 1. The van der Waals surface area contributed by atoms with Crippen molar-refractivity contribution in [1.82, 2.24) is 0 Å². The van der Waals surface area contributed by atoms with Crippen LogP contribution in [0.25, 0.3) is 0 Å². The second-order valence-corrected chi connectivity index (χ2v) is 5.20. The van der Waals surface area contributed by atoms with Crippen LogP contribution in [0.4, 0.5) is 5.69 Å². The Kier molecular flexibility index (Phi) is 4.50. The summed E-state index contributed by atoms with van der Waals surface area (Å²) in [6.07, 6.45) is 1.83. The lowest BCUT2D eigenvalue weighted by Crippen LogP contribution is -2.24. The maximum atomic E-state index is 9.00. The van der Waals surface area contributed by atoms with Crippen molar-refractivity contribution in [2.45, 2.75) is 12.8 Å². The van der Waals surface area contributed by atoms with Crippen LogP contribution in [0.1, 0.15) is 18.4 Å². The zero-order valence-electron chi connectivity index (χ0n) is 10.6. The molecule has 1 aliphatic rings. The fourth-order valence-electron chi connectivity index (χ4n) is 2.51. The van der Waals surface area contributed by atoms with Gasteiger partial charge in [0, 0.05) is 36.0 Å². The average Bonchev–Trinajstić information content (AvgIpc) is 2.87. The minimum atomic E-state index is 0.0808. The number of oxime groups is 1. The minimum Gasteiger partial charge on any atom is -0.409 e. The van der Waals surface area contributed by atoms with Crippen molar-refractivity contribution in [1.29, 1.82) is 0 Å². The first-order valence-electron chi connectivity index (χ1n) is 6.29. The van der Waals surface area contributed by atoms with E-state index in [2.05, 4.69) is 10.1 Å². The van der Waals surface area contributed by atoms with Crippen molar-refractivity contribution >= 4 is 23.1 Å². The van der Waals surface area contributed by atoms with E-state index in [1.807, 2.05) is 6.07 Å². The fourth-order valence-corrected chi connectivity index (χ4v) is 2.67. The first-order valence-corrected chi connectivity index (χ1v) is 6.66. The summed E-state index contributed by atoms with van der Waals surface area (Å²) in [6, 6.07) is 5.31. The molecule has 0 saturated carbocycles. The molecule has 1 fully saturated rings. The van der Waals surface area contributed by atoms with Gasteiger partial charge in [0.25, 0.3) is 0 Å². The highest BCUT2D eigenvalue weighted by molar-refractivity contribution is 6.31. The van der Waals surface area contributed by atoms with E-state index in [4.69, 9.17) is 27.6 Å². The Morgan fingerprint density at radius 2 is 2.32 bits per heavy atom. The molecule has 1 aromatic carbocycles. The Morgan fingerprint density at radius 1 is 1.53 bits per heavy atom. The predicted octanol–water partition coefficient (Wildman–Crippen LogP) is 1.64. The van der Waals surface area contributed by atoms with Crippen LogP contribution >= 0.6 is 11.6 Å². The van der Waals surface area contributed by atoms with E-state index >= 15 is 0 Å². The number of hydrogen-bond donors (Lipinski definition) is 3. The summed E-state index contributed by atoms with van der Waals surface area (Å²) in [5.74, 6) is 0.557. The van der Waals surface area contributed by atoms with E-state index in [0.717, 1.165) is 31.6 Å². The zero-order chi connectivity index (χ0) is 13.8. The molecule has 1 saturated heterocycles. The van der Waals surface area contributed by atoms with Gasteiger partial charge in [0.1, 0.15) is 0 Å². The largest absolute Gasteiger partial charge is 0.409 e. The Labute approximate surface area is 117 Å². The summed E-state index contributed by atoms with van der Waals surface area (Å²) in [5.41, 5.74) is 7.25. The van der Waals surface area contributed by atoms with Gasteiger partial charge in [-0.05, 0) is 37.0 Å². The molecule has 0 aromatic heterocycles. The van der Waals surface area contributed by atoms with Gasteiger partial charge in [0.15, 0.2) is 5.84 Å². The van der Waals surface area contributed by atoms with E-state index in [-0.39, 0.29) is 12.4 Å². The van der Waals surface area contributed by atoms with Crippen LogP contribution in [0.2, 0.25) is 5.02 Å². The molecule has 0 aliphatic carbocycles. The first-order chi connectivity index (χ1) is 9.15. The van der Waals surface area contributed by atoms with Gasteiger partial charge in [-0.2, -0.15) is 0 Å². The third-order valence-corrected chi connectivity index (χ3v) is 3.74. The summed E-state index contributed by atoms with van der Waals surface area (Å²) in [7, 11) is 0. The Hall–Kier alpha value is -1.46. The number of aliphatic hydroxyl groups excluding tert-OH is 1. The third-order valence-electron chi connectivity index (χ3n) is 3.51. The van der Waals surface area contributed by atoms with Crippen LogP contribution in [-0.2, 0) is 0 Å². The number of benzene rings is 1. The highest BCUT2D eigenvalue weighted by Crippen LogP contribution is 2.30. The van der Waals surface area contributed by atoms with Crippen LogP contribution in [0.5, 0.6) is 0 Å². The normalized spacial score (nSPS) is 20.0. The van der Waals surface area contributed by atoms with Gasteiger partial charge in [-0.15, -0.1) is 0 Å². The quantitative estimate of drug-likeness (QED) is 0.340.